The van der Waals surface area contributed by atoms with Crippen LogP contribution >= 0.6 is 0 Å². The molecule has 6 heteroatoms. The molecule has 0 atom stereocenters. The normalized spacial score (nSPS) is 11.0. The van der Waals surface area contributed by atoms with Crippen LogP contribution in [0.5, 0.6) is 0 Å². The van der Waals surface area contributed by atoms with Gasteiger partial charge in [-0.2, -0.15) is 0 Å². The first kappa shape index (κ1) is 8.78. The lowest BCUT2D eigenvalue weighted by molar-refractivity contribution is 0.0996. The van der Waals surface area contributed by atoms with Crippen molar-refractivity contribution in [3.63, 3.8) is 0 Å². The van der Waals surface area contributed by atoms with Gasteiger partial charge >= 0.3 is 0 Å². The van der Waals surface area contributed by atoms with E-state index in [0.717, 1.165) is 5.39 Å². The summed E-state index contributed by atoms with van der Waals surface area (Å²) in [6.07, 6.45) is 4.73. The first-order chi connectivity index (χ1) is 7.75. The average Bonchev–Trinajstić information content (AvgIpc) is 2.73. The lowest BCUT2D eigenvalue weighted by Crippen LogP contribution is -2.10. The third kappa shape index (κ3) is 1.13. The van der Waals surface area contributed by atoms with Crippen LogP contribution in [0.15, 0.2) is 30.9 Å². The minimum atomic E-state index is -0.550. The van der Waals surface area contributed by atoms with Gasteiger partial charge in [-0.15, -0.1) is 0 Å². The number of hydrogen-bond donors (Lipinski definition) is 1. The minimum Gasteiger partial charge on any atom is -0.364 e. The third-order valence-electron chi connectivity index (χ3n) is 2.34. The number of aromatic nitrogens is 4. The molecule has 0 aliphatic rings. The van der Waals surface area contributed by atoms with Gasteiger partial charge in [-0.25, -0.2) is 15.0 Å². The molecule has 0 aliphatic heterocycles. The Balaban J connectivity index is 2.46. The van der Waals surface area contributed by atoms with E-state index in [4.69, 9.17) is 5.73 Å². The molecule has 0 fully saturated rings. The molecule has 0 bridgehead atoms. The first-order valence-electron chi connectivity index (χ1n) is 4.63. The topological polar surface area (TPSA) is 86.2 Å². The van der Waals surface area contributed by atoms with E-state index in [9.17, 15) is 4.79 Å². The maximum Gasteiger partial charge on any atom is 0.268 e. The van der Waals surface area contributed by atoms with Gasteiger partial charge in [0.05, 0.1) is 0 Å². The third-order valence-corrected chi connectivity index (χ3v) is 2.34. The summed E-state index contributed by atoms with van der Waals surface area (Å²) < 4.78 is 1.72. The van der Waals surface area contributed by atoms with Gasteiger partial charge < -0.3 is 5.73 Å². The van der Waals surface area contributed by atoms with Crippen LogP contribution in [0.2, 0.25) is 0 Å². The summed E-state index contributed by atoms with van der Waals surface area (Å²) in [5, 5.41) is 0.878. The van der Waals surface area contributed by atoms with E-state index in [0.29, 0.717) is 11.3 Å². The monoisotopic (exact) mass is 213 g/mol. The Bertz CT molecular complexity index is 703. The van der Waals surface area contributed by atoms with Crippen molar-refractivity contribution in [3.8, 4) is 0 Å². The number of carbonyl (C=O) groups excluding carboxylic acids is 1. The first-order valence-corrected chi connectivity index (χ1v) is 4.63. The van der Waals surface area contributed by atoms with Crippen molar-refractivity contribution >= 4 is 22.6 Å². The molecule has 3 aromatic heterocycles. The highest BCUT2D eigenvalue weighted by Gasteiger charge is 2.08. The van der Waals surface area contributed by atoms with Crippen LogP contribution < -0.4 is 5.73 Å². The van der Waals surface area contributed by atoms with Crippen LogP contribution in [0.4, 0.5) is 0 Å². The fourth-order valence-corrected chi connectivity index (χ4v) is 1.62. The van der Waals surface area contributed by atoms with Crippen LogP contribution in [-0.4, -0.2) is 25.3 Å². The molecule has 0 saturated heterocycles. The number of fused-ring (bicyclic) bond motifs is 3. The van der Waals surface area contributed by atoms with E-state index < -0.39 is 5.91 Å². The van der Waals surface area contributed by atoms with Crippen molar-refractivity contribution in [3.05, 3.63) is 36.5 Å². The fraction of sp³-hybridized carbons (Fsp3) is 0. The van der Waals surface area contributed by atoms with Gasteiger partial charge in [0.15, 0.2) is 0 Å². The van der Waals surface area contributed by atoms with E-state index in [2.05, 4.69) is 15.0 Å². The SMILES string of the molecule is NC(=O)c1cn2c(ccc3cncnc32)n1. The summed E-state index contributed by atoms with van der Waals surface area (Å²) in [5.41, 5.74) is 6.74. The van der Waals surface area contributed by atoms with Gasteiger partial charge in [0.2, 0.25) is 0 Å². The zero-order valence-corrected chi connectivity index (χ0v) is 8.16. The highest BCUT2D eigenvalue weighted by molar-refractivity contribution is 5.92. The molecule has 3 aromatic rings. The molecule has 0 spiro atoms. The smallest absolute Gasteiger partial charge is 0.268 e. The number of primary amides is 1. The van der Waals surface area contributed by atoms with Crippen LogP contribution in [0.1, 0.15) is 10.5 Å². The number of amides is 1. The van der Waals surface area contributed by atoms with Crippen molar-refractivity contribution in [1.82, 2.24) is 19.4 Å². The van der Waals surface area contributed by atoms with E-state index in [1.807, 2.05) is 6.07 Å². The summed E-state index contributed by atoms with van der Waals surface area (Å²) in [7, 11) is 0. The van der Waals surface area contributed by atoms with Gasteiger partial charge in [-0.1, -0.05) is 0 Å². The minimum absolute atomic E-state index is 0.228. The quantitative estimate of drug-likeness (QED) is 0.633. The predicted molar refractivity (Wildman–Crippen MR) is 56.8 cm³/mol. The van der Waals surface area contributed by atoms with Gasteiger partial charge in [-0.05, 0) is 12.1 Å². The highest BCUT2D eigenvalue weighted by Crippen LogP contribution is 2.13. The van der Waals surface area contributed by atoms with Crippen LogP contribution in [0, 0.1) is 0 Å². The van der Waals surface area contributed by atoms with Crippen molar-refractivity contribution in [2.75, 3.05) is 0 Å². The molecule has 0 unspecified atom stereocenters. The van der Waals surface area contributed by atoms with E-state index >= 15 is 0 Å². The Morgan fingerprint density at radius 1 is 1.38 bits per heavy atom. The van der Waals surface area contributed by atoms with Crippen molar-refractivity contribution < 1.29 is 4.79 Å². The van der Waals surface area contributed by atoms with E-state index in [-0.39, 0.29) is 5.69 Å². The van der Waals surface area contributed by atoms with Crippen molar-refractivity contribution in [2.45, 2.75) is 0 Å². The second-order valence-corrected chi connectivity index (χ2v) is 3.35. The zero-order chi connectivity index (χ0) is 11.1. The van der Waals surface area contributed by atoms with Gasteiger partial charge in [-0.3, -0.25) is 9.20 Å². The number of imidazole rings is 1. The lowest BCUT2D eigenvalue weighted by Gasteiger charge is -1.98. The van der Waals surface area contributed by atoms with E-state index in [1.165, 1.54) is 6.33 Å². The molecule has 0 radical (unpaired) electrons. The maximum absolute atomic E-state index is 11.0. The average molecular weight is 213 g/mol. The predicted octanol–water partition coefficient (Wildman–Crippen LogP) is 0.376. The molecule has 0 saturated carbocycles. The molecular formula is C10H7N5O. The summed E-state index contributed by atoms with van der Waals surface area (Å²) in [6.45, 7) is 0. The zero-order valence-electron chi connectivity index (χ0n) is 8.16. The van der Waals surface area contributed by atoms with Gasteiger partial charge in [0.1, 0.15) is 23.3 Å². The molecule has 3 heterocycles. The second-order valence-electron chi connectivity index (χ2n) is 3.35. The fourth-order valence-electron chi connectivity index (χ4n) is 1.62. The van der Waals surface area contributed by atoms with Crippen LogP contribution in [-0.2, 0) is 0 Å². The van der Waals surface area contributed by atoms with Crippen molar-refractivity contribution in [2.24, 2.45) is 5.73 Å². The van der Waals surface area contributed by atoms with E-state index in [1.54, 1.807) is 22.9 Å². The van der Waals surface area contributed by atoms with Crippen molar-refractivity contribution in [1.29, 1.82) is 0 Å². The molecule has 6 nitrogen and oxygen atoms in total. The molecule has 0 aromatic carbocycles. The number of rotatable bonds is 1. The molecule has 1 amide bonds. The molecule has 2 N–H and O–H groups in total. The maximum atomic E-state index is 11.0. The molecular weight excluding hydrogens is 206 g/mol. The standard InChI is InChI=1S/C10H7N5O/c11-9(16)7-4-15-8(14-7)2-1-6-3-12-5-13-10(6)15/h1-5H,(H2,11,16). The Morgan fingerprint density at radius 3 is 3.06 bits per heavy atom. The summed E-state index contributed by atoms with van der Waals surface area (Å²) in [6, 6.07) is 3.64. The van der Waals surface area contributed by atoms with Crippen LogP contribution in [0.3, 0.4) is 0 Å². The van der Waals surface area contributed by atoms with Gasteiger partial charge in [0, 0.05) is 17.8 Å². The number of nitrogens with two attached hydrogens (primary N) is 1. The number of carbonyl (C=O) groups is 1. The lowest BCUT2D eigenvalue weighted by atomic mass is 10.3. The molecule has 0 aliphatic carbocycles. The summed E-state index contributed by atoms with van der Waals surface area (Å²) >= 11 is 0. The Labute approximate surface area is 89.8 Å². The summed E-state index contributed by atoms with van der Waals surface area (Å²) in [5.74, 6) is -0.550. The Kier molecular flexibility index (Phi) is 1.64. The summed E-state index contributed by atoms with van der Waals surface area (Å²) in [4.78, 5) is 23.2. The molecule has 16 heavy (non-hydrogen) atoms. The Hall–Kier alpha value is -2.50. The second kappa shape index (κ2) is 2.99. The number of pyridine rings is 1. The largest absolute Gasteiger partial charge is 0.364 e. The molecule has 78 valence electrons. The highest BCUT2D eigenvalue weighted by atomic mass is 16.1. The van der Waals surface area contributed by atoms with Gasteiger partial charge in [0.25, 0.3) is 5.91 Å². The van der Waals surface area contributed by atoms with Crippen LogP contribution in [0.25, 0.3) is 16.7 Å². The molecule has 3 rings (SSSR count). The number of nitrogens with zero attached hydrogens (tertiary/aromatic N) is 4. The number of hydrogen-bond acceptors (Lipinski definition) is 4. The Morgan fingerprint density at radius 2 is 2.25 bits per heavy atom.